The first-order valence-electron chi connectivity index (χ1n) is 7.50. The average Bonchev–Trinajstić information content (AvgIpc) is 2.48. The van der Waals surface area contributed by atoms with Gasteiger partial charge in [0.25, 0.3) is 0 Å². The molecule has 21 heavy (non-hydrogen) atoms. The lowest BCUT2D eigenvalue weighted by Crippen LogP contribution is -2.36. The van der Waals surface area contributed by atoms with Gasteiger partial charge in [-0.25, -0.2) is 13.1 Å². The zero-order valence-electron chi connectivity index (χ0n) is 12.2. The monoisotopic (exact) mass is 312 g/mol. The molecule has 0 amide bonds. The minimum absolute atomic E-state index is 0.0436. The third-order valence-electron chi connectivity index (χ3n) is 3.88. The van der Waals surface area contributed by atoms with Gasteiger partial charge in [0.05, 0.1) is 11.0 Å². The van der Waals surface area contributed by atoms with Crippen molar-refractivity contribution in [3.05, 3.63) is 29.8 Å². The van der Waals surface area contributed by atoms with E-state index in [4.69, 9.17) is 5.73 Å². The predicted molar refractivity (Wildman–Crippen MR) is 82.4 cm³/mol. The van der Waals surface area contributed by atoms with Crippen molar-refractivity contribution in [3.63, 3.8) is 0 Å². The quantitative estimate of drug-likeness (QED) is 0.735. The molecular weight excluding hydrogens is 288 g/mol. The zero-order chi connectivity index (χ0) is 15.3. The van der Waals surface area contributed by atoms with Crippen molar-refractivity contribution in [2.45, 2.75) is 55.6 Å². The van der Waals surface area contributed by atoms with Crippen LogP contribution >= 0.6 is 0 Å². The molecule has 1 unspecified atom stereocenters. The van der Waals surface area contributed by atoms with Crippen LogP contribution in [0.1, 0.15) is 37.7 Å². The molecule has 1 aromatic carbocycles. The predicted octanol–water partition coefficient (Wildman–Crippen LogP) is 1.16. The van der Waals surface area contributed by atoms with Gasteiger partial charge in [0.2, 0.25) is 10.0 Å². The molecule has 1 aromatic rings. The maximum atomic E-state index is 12.4. The van der Waals surface area contributed by atoms with Crippen LogP contribution in [0.15, 0.2) is 29.2 Å². The van der Waals surface area contributed by atoms with Gasteiger partial charge in [-0.3, -0.25) is 0 Å². The normalized spacial score (nSPS) is 18.6. The van der Waals surface area contributed by atoms with E-state index in [1.165, 1.54) is 6.42 Å². The molecule has 0 heterocycles. The highest BCUT2D eigenvalue weighted by atomic mass is 32.2. The summed E-state index contributed by atoms with van der Waals surface area (Å²) in [7, 11) is -3.49. The molecule has 5 nitrogen and oxygen atoms in total. The highest BCUT2D eigenvalue weighted by Crippen LogP contribution is 2.20. The fourth-order valence-electron chi connectivity index (χ4n) is 2.70. The Hall–Kier alpha value is -0.950. The number of benzene rings is 1. The molecule has 1 aliphatic carbocycles. The molecule has 0 radical (unpaired) electrons. The van der Waals surface area contributed by atoms with Gasteiger partial charge < -0.3 is 10.8 Å². The van der Waals surface area contributed by atoms with Crippen LogP contribution in [0, 0.1) is 0 Å². The van der Waals surface area contributed by atoms with Gasteiger partial charge >= 0.3 is 0 Å². The van der Waals surface area contributed by atoms with E-state index in [1.54, 1.807) is 24.3 Å². The van der Waals surface area contributed by atoms with Gasteiger partial charge in [-0.2, -0.15) is 0 Å². The summed E-state index contributed by atoms with van der Waals surface area (Å²) in [6.07, 6.45) is 4.88. The molecule has 1 saturated carbocycles. The average molecular weight is 312 g/mol. The van der Waals surface area contributed by atoms with Gasteiger partial charge in [0.1, 0.15) is 0 Å². The fraction of sp³-hybridized carbons (Fsp3) is 0.600. The molecule has 118 valence electrons. The lowest BCUT2D eigenvalue weighted by Gasteiger charge is -2.22. The van der Waals surface area contributed by atoms with E-state index in [0.717, 1.165) is 31.2 Å². The van der Waals surface area contributed by atoms with Crippen LogP contribution < -0.4 is 10.5 Å². The summed E-state index contributed by atoms with van der Waals surface area (Å²) in [5.41, 5.74) is 6.16. The van der Waals surface area contributed by atoms with Gasteiger partial charge in [0.15, 0.2) is 0 Å². The minimum Gasteiger partial charge on any atom is -0.391 e. The van der Waals surface area contributed by atoms with Crippen LogP contribution in [0.5, 0.6) is 0 Å². The van der Waals surface area contributed by atoms with Crippen LogP contribution in [0.3, 0.4) is 0 Å². The summed E-state index contributed by atoms with van der Waals surface area (Å²) in [6, 6.07) is 6.75. The van der Waals surface area contributed by atoms with E-state index in [-0.39, 0.29) is 17.5 Å². The van der Waals surface area contributed by atoms with Crippen LogP contribution in [-0.2, 0) is 16.4 Å². The lowest BCUT2D eigenvalue weighted by molar-refractivity contribution is 0.183. The number of hydrogen-bond donors (Lipinski definition) is 3. The SMILES string of the molecule is NCC(O)Cc1cccc(S(=O)(=O)NC2CCCCC2)c1. The second-order valence-corrected chi connectivity index (χ2v) is 7.41. The topological polar surface area (TPSA) is 92.4 Å². The molecule has 0 saturated heterocycles. The second kappa shape index (κ2) is 7.35. The molecule has 0 aliphatic heterocycles. The van der Waals surface area contributed by atoms with E-state index in [1.807, 2.05) is 0 Å². The van der Waals surface area contributed by atoms with Crippen LogP contribution in [0.25, 0.3) is 0 Å². The van der Waals surface area contributed by atoms with Crippen molar-refractivity contribution in [2.75, 3.05) is 6.54 Å². The van der Waals surface area contributed by atoms with E-state index < -0.39 is 16.1 Å². The van der Waals surface area contributed by atoms with Gasteiger partial charge in [-0.1, -0.05) is 31.4 Å². The Balaban J connectivity index is 2.10. The summed E-state index contributed by atoms with van der Waals surface area (Å²) in [4.78, 5) is 0.259. The van der Waals surface area contributed by atoms with Gasteiger partial charge in [-0.05, 0) is 37.0 Å². The molecule has 0 aromatic heterocycles. The second-order valence-electron chi connectivity index (χ2n) is 5.70. The van der Waals surface area contributed by atoms with Crippen LogP contribution in [0.4, 0.5) is 0 Å². The summed E-state index contributed by atoms with van der Waals surface area (Å²) >= 11 is 0. The molecule has 0 bridgehead atoms. The van der Waals surface area contributed by atoms with Crippen molar-refractivity contribution >= 4 is 10.0 Å². The summed E-state index contributed by atoms with van der Waals surface area (Å²) in [6.45, 7) is 0.164. The summed E-state index contributed by atoms with van der Waals surface area (Å²) in [5, 5.41) is 9.58. The summed E-state index contributed by atoms with van der Waals surface area (Å²) < 4.78 is 27.6. The molecule has 0 spiro atoms. The molecular formula is C15H24N2O3S. The first-order chi connectivity index (χ1) is 10.0. The summed E-state index contributed by atoms with van der Waals surface area (Å²) in [5.74, 6) is 0. The third-order valence-corrected chi connectivity index (χ3v) is 5.40. The van der Waals surface area contributed by atoms with E-state index in [9.17, 15) is 13.5 Å². The number of nitrogens with one attached hydrogen (secondary N) is 1. The van der Waals surface area contributed by atoms with Gasteiger partial charge in [-0.15, -0.1) is 0 Å². The number of aliphatic hydroxyl groups is 1. The Morgan fingerprint density at radius 1 is 1.29 bits per heavy atom. The largest absolute Gasteiger partial charge is 0.391 e. The van der Waals surface area contributed by atoms with E-state index in [0.29, 0.717) is 6.42 Å². The van der Waals surface area contributed by atoms with E-state index in [2.05, 4.69) is 4.72 Å². The Bertz CT molecular complexity index is 554. The van der Waals surface area contributed by atoms with Crippen molar-refractivity contribution in [1.29, 1.82) is 0 Å². The Morgan fingerprint density at radius 2 is 2.00 bits per heavy atom. The number of nitrogens with two attached hydrogens (primary N) is 1. The van der Waals surface area contributed by atoms with Crippen molar-refractivity contribution < 1.29 is 13.5 Å². The minimum atomic E-state index is -3.49. The number of sulfonamides is 1. The lowest BCUT2D eigenvalue weighted by atomic mass is 9.96. The molecule has 6 heteroatoms. The molecule has 1 fully saturated rings. The maximum absolute atomic E-state index is 12.4. The third kappa shape index (κ3) is 4.78. The Morgan fingerprint density at radius 3 is 2.67 bits per heavy atom. The van der Waals surface area contributed by atoms with Gasteiger partial charge in [0, 0.05) is 12.6 Å². The molecule has 1 atom stereocenters. The zero-order valence-corrected chi connectivity index (χ0v) is 13.0. The molecule has 2 rings (SSSR count). The standard InChI is InChI=1S/C15H24N2O3S/c16-11-14(18)9-12-5-4-8-15(10-12)21(19,20)17-13-6-2-1-3-7-13/h4-5,8,10,13-14,17-18H,1-3,6-7,9,11,16H2. The number of hydrogen-bond acceptors (Lipinski definition) is 4. The molecule has 4 N–H and O–H groups in total. The van der Waals surface area contributed by atoms with Crippen molar-refractivity contribution in [1.82, 2.24) is 4.72 Å². The molecule has 1 aliphatic rings. The number of rotatable bonds is 6. The Labute approximate surface area is 126 Å². The fourth-order valence-corrected chi connectivity index (χ4v) is 4.08. The smallest absolute Gasteiger partial charge is 0.240 e. The van der Waals surface area contributed by atoms with Crippen molar-refractivity contribution in [3.8, 4) is 0 Å². The first-order valence-corrected chi connectivity index (χ1v) is 8.99. The maximum Gasteiger partial charge on any atom is 0.240 e. The highest BCUT2D eigenvalue weighted by Gasteiger charge is 2.22. The highest BCUT2D eigenvalue weighted by molar-refractivity contribution is 7.89. The Kier molecular flexibility index (Phi) is 5.75. The van der Waals surface area contributed by atoms with Crippen molar-refractivity contribution in [2.24, 2.45) is 5.73 Å². The number of aliphatic hydroxyl groups excluding tert-OH is 1. The first kappa shape index (κ1) is 16.4. The van der Waals surface area contributed by atoms with E-state index >= 15 is 0 Å². The van der Waals surface area contributed by atoms with Crippen LogP contribution in [-0.4, -0.2) is 32.2 Å². The van der Waals surface area contributed by atoms with Crippen LogP contribution in [0.2, 0.25) is 0 Å².